The molecule has 1 aliphatic heterocycles. The van der Waals surface area contributed by atoms with Crippen molar-refractivity contribution in [2.45, 2.75) is 31.7 Å². The Hall–Kier alpha value is -2.34. The molecular weight excluding hydrogens is 316 g/mol. The summed E-state index contributed by atoms with van der Waals surface area (Å²) in [6.07, 6.45) is 6.18. The zero-order chi connectivity index (χ0) is 17.4. The van der Waals surface area contributed by atoms with Gasteiger partial charge in [0.25, 0.3) is 5.91 Å². The number of methoxy groups -OCH3 is 1. The second-order valence-corrected chi connectivity index (χ2v) is 7.14. The first kappa shape index (κ1) is 16.1. The van der Waals surface area contributed by atoms with Crippen molar-refractivity contribution >= 4 is 5.91 Å². The standard InChI is InChI=1S/C19H24N4O2/c1-25-15-4-2-14(3-5-15)23-11-7-16(21-23)18(24)22-12-9-19(10-13-22)8-6-17(19)20/h2-5,7,11,17H,6,8-10,12-13,20H2,1H3. The van der Waals surface area contributed by atoms with Crippen molar-refractivity contribution in [1.82, 2.24) is 14.7 Å². The van der Waals surface area contributed by atoms with Crippen LogP contribution in [0.25, 0.3) is 5.69 Å². The molecule has 2 heterocycles. The van der Waals surface area contributed by atoms with Gasteiger partial charge in [-0.3, -0.25) is 4.79 Å². The highest BCUT2D eigenvalue weighted by atomic mass is 16.5. The zero-order valence-electron chi connectivity index (χ0n) is 14.5. The summed E-state index contributed by atoms with van der Waals surface area (Å²) < 4.78 is 6.89. The number of ether oxygens (including phenoxy) is 1. The van der Waals surface area contributed by atoms with Gasteiger partial charge >= 0.3 is 0 Å². The SMILES string of the molecule is COc1ccc(-n2ccc(C(=O)N3CCC4(CCC4N)CC3)n2)cc1. The van der Waals surface area contributed by atoms with Crippen molar-refractivity contribution in [1.29, 1.82) is 0 Å². The molecule has 1 atom stereocenters. The second kappa shape index (κ2) is 6.19. The Bertz CT molecular complexity index is 760. The molecule has 132 valence electrons. The third-order valence-corrected chi connectivity index (χ3v) is 5.93. The van der Waals surface area contributed by atoms with Gasteiger partial charge in [0.2, 0.25) is 0 Å². The highest BCUT2D eigenvalue weighted by Crippen LogP contribution is 2.48. The van der Waals surface area contributed by atoms with E-state index >= 15 is 0 Å². The van der Waals surface area contributed by atoms with E-state index in [4.69, 9.17) is 10.5 Å². The first-order chi connectivity index (χ1) is 12.1. The molecule has 2 N–H and O–H groups in total. The molecule has 1 unspecified atom stereocenters. The van der Waals surface area contributed by atoms with Crippen LogP contribution in [0.4, 0.5) is 0 Å². The molecule has 6 heteroatoms. The molecule has 0 bridgehead atoms. The fraction of sp³-hybridized carbons (Fsp3) is 0.474. The van der Waals surface area contributed by atoms with Gasteiger partial charge in [-0.1, -0.05) is 0 Å². The average Bonchev–Trinajstić information content (AvgIpc) is 3.16. The van der Waals surface area contributed by atoms with Crippen LogP contribution in [0.2, 0.25) is 0 Å². The van der Waals surface area contributed by atoms with E-state index in [1.54, 1.807) is 17.9 Å². The van der Waals surface area contributed by atoms with E-state index in [2.05, 4.69) is 5.10 Å². The van der Waals surface area contributed by atoms with Crippen LogP contribution in [0, 0.1) is 5.41 Å². The number of nitrogens with zero attached hydrogens (tertiary/aromatic N) is 3. The van der Waals surface area contributed by atoms with Crippen LogP contribution in [-0.2, 0) is 0 Å². The lowest BCUT2D eigenvalue weighted by Crippen LogP contribution is -2.56. The summed E-state index contributed by atoms with van der Waals surface area (Å²) in [6, 6.07) is 9.70. The van der Waals surface area contributed by atoms with E-state index in [1.165, 1.54) is 6.42 Å². The normalized spacial score (nSPS) is 21.8. The lowest BCUT2D eigenvalue weighted by atomic mass is 9.60. The lowest BCUT2D eigenvalue weighted by Gasteiger charge is -2.52. The molecule has 1 aliphatic carbocycles. The number of aromatic nitrogens is 2. The van der Waals surface area contributed by atoms with Gasteiger partial charge in [0.15, 0.2) is 5.69 Å². The molecule has 2 aliphatic rings. The van der Waals surface area contributed by atoms with Crippen LogP contribution < -0.4 is 10.5 Å². The maximum absolute atomic E-state index is 12.7. The van der Waals surface area contributed by atoms with Crippen molar-refractivity contribution in [2.24, 2.45) is 11.1 Å². The molecule has 4 rings (SSSR count). The van der Waals surface area contributed by atoms with Crippen molar-refractivity contribution in [3.8, 4) is 11.4 Å². The molecule has 25 heavy (non-hydrogen) atoms. The minimum absolute atomic E-state index is 0.00927. The zero-order valence-corrected chi connectivity index (χ0v) is 14.5. The lowest BCUT2D eigenvalue weighted by molar-refractivity contribution is 0.0109. The van der Waals surface area contributed by atoms with E-state index in [0.717, 1.165) is 43.8 Å². The Morgan fingerprint density at radius 3 is 2.48 bits per heavy atom. The number of benzene rings is 1. The first-order valence-corrected chi connectivity index (χ1v) is 8.86. The largest absolute Gasteiger partial charge is 0.497 e. The van der Waals surface area contributed by atoms with Crippen LogP contribution >= 0.6 is 0 Å². The average molecular weight is 340 g/mol. The minimum atomic E-state index is 0.00927. The molecule has 0 radical (unpaired) electrons. The molecule has 6 nitrogen and oxygen atoms in total. The van der Waals surface area contributed by atoms with Gasteiger partial charge in [-0.25, -0.2) is 4.68 Å². The summed E-state index contributed by atoms with van der Waals surface area (Å²) in [5, 5.41) is 4.46. The highest BCUT2D eigenvalue weighted by molar-refractivity contribution is 5.92. The van der Waals surface area contributed by atoms with Gasteiger partial charge in [0, 0.05) is 25.3 Å². The van der Waals surface area contributed by atoms with Crippen LogP contribution in [0.3, 0.4) is 0 Å². The van der Waals surface area contributed by atoms with Crippen molar-refractivity contribution < 1.29 is 9.53 Å². The minimum Gasteiger partial charge on any atom is -0.497 e. The maximum atomic E-state index is 12.7. The van der Waals surface area contributed by atoms with Crippen LogP contribution in [-0.4, -0.2) is 46.8 Å². The predicted molar refractivity (Wildman–Crippen MR) is 94.9 cm³/mol. The summed E-state index contributed by atoms with van der Waals surface area (Å²) in [4.78, 5) is 14.7. The smallest absolute Gasteiger partial charge is 0.274 e. The Labute approximate surface area is 147 Å². The molecule has 2 aromatic rings. The molecule has 1 spiro atoms. The number of amides is 1. The van der Waals surface area contributed by atoms with E-state index in [9.17, 15) is 4.79 Å². The summed E-state index contributed by atoms with van der Waals surface area (Å²) in [5.41, 5.74) is 7.86. The molecular formula is C19H24N4O2. The maximum Gasteiger partial charge on any atom is 0.274 e. The quantitative estimate of drug-likeness (QED) is 0.930. The van der Waals surface area contributed by atoms with Gasteiger partial charge in [0.05, 0.1) is 12.8 Å². The highest BCUT2D eigenvalue weighted by Gasteiger charge is 2.46. The van der Waals surface area contributed by atoms with Crippen LogP contribution in [0.15, 0.2) is 36.5 Å². The van der Waals surface area contributed by atoms with Gasteiger partial charge < -0.3 is 15.4 Å². The number of likely N-dealkylation sites (tertiary alicyclic amines) is 1. The number of piperidine rings is 1. The molecule has 1 aromatic carbocycles. The predicted octanol–water partition coefficient (Wildman–Crippen LogP) is 2.22. The van der Waals surface area contributed by atoms with Gasteiger partial charge in [0.1, 0.15) is 5.75 Å². The number of rotatable bonds is 3. The fourth-order valence-electron chi connectivity index (χ4n) is 3.97. The third-order valence-electron chi connectivity index (χ3n) is 5.93. The second-order valence-electron chi connectivity index (χ2n) is 7.14. The molecule has 2 fully saturated rings. The van der Waals surface area contributed by atoms with Crippen molar-refractivity contribution in [2.75, 3.05) is 20.2 Å². The van der Waals surface area contributed by atoms with E-state index in [1.807, 2.05) is 35.4 Å². The number of nitrogens with two attached hydrogens (primary N) is 1. The molecule has 1 amide bonds. The van der Waals surface area contributed by atoms with Crippen molar-refractivity contribution in [3.63, 3.8) is 0 Å². The van der Waals surface area contributed by atoms with Gasteiger partial charge in [-0.05, 0) is 61.4 Å². The van der Waals surface area contributed by atoms with Gasteiger partial charge in [-0.15, -0.1) is 0 Å². The molecule has 1 saturated carbocycles. The topological polar surface area (TPSA) is 73.4 Å². The monoisotopic (exact) mass is 340 g/mol. The van der Waals surface area contributed by atoms with Crippen LogP contribution in [0.5, 0.6) is 5.75 Å². The Morgan fingerprint density at radius 2 is 1.92 bits per heavy atom. The van der Waals surface area contributed by atoms with Crippen molar-refractivity contribution in [3.05, 3.63) is 42.2 Å². The number of carbonyl (C=O) groups is 1. The summed E-state index contributed by atoms with van der Waals surface area (Å²) >= 11 is 0. The summed E-state index contributed by atoms with van der Waals surface area (Å²) in [6.45, 7) is 1.56. The molecule has 1 aromatic heterocycles. The Kier molecular flexibility index (Phi) is 4.00. The Morgan fingerprint density at radius 1 is 1.20 bits per heavy atom. The summed E-state index contributed by atoms with van der Waals surface area (Å²) in [5.74, 6) is 0.804. The first-order valence-electron chi connectivity index (χ1n) is 8.86. The van der Waals surface area contributed by atoms with Crippen LogP contribution in [0.1, 0.15) is 36.2 Å². The summed E-state index contributed by atoms with van der Waals surface area (Å²) in [7, 11) is 1.64. The third kappa shape index (κ3) is 2.80. The Balaban J connectivity index is 1.44. The van der Waals surface area contributed by atoms with E-state index < -0.39 is 0 Å². The van der Waals surface area contributed by atoms with Gasteiger partial charge in [-0.2, -0.15) is 5.10 Å². The number of hydrogen-bond acceptors (Lipinski definition) is 4. The molecule has 1 saturated heterocycles. The van der Waals surface area contributed by atoms with E-state index in [-0.39, 0.29) is 5.91 Å². The van der Waals surface area contributed by atoms with E-state index in [0.29, 0.717) is 17.2 Å². The fourth-order valence-corrected chi connectivity index (χ4v) is 3.97. The number of carbonyl (C=O) groups excluding carboxylic acids is 1. The number of hydrogen-bond donors (Lipinski definition) is 1.